The molecular formula is C16H18N4O2S. The Bertz CT molecular complexity index is 757. The fraction of sp³-hybridized carbons (Fsp3) is 0.375. The number of carbonyl (C=O) groups is 2. The molecule has 0 spiro atoms. The molecule has 120 valence electrons. The summed E-state index contributed by atoms with van der Waals surface area (Å²) in [7, 11) is 0. The summed E-state index contributed by atoms with van der Waals surface area (Å²) in [5.74, 6) is 0.610. The zero-order chi connectivity index (χ0) is 16.4. The number of rotatable bonds is 5. The molecule has 1 N–H and O–H groups in total. The smallest absolute Gasteiger partial charge is 0.324 e. The number of hydrogen-bond acceptors (Lipinski definition) is 5. The van der Waals surface area contributed by atoms with Gasteiger partial charge in [-0.3, -0.25) is 9.69 Å². The van der Waals surface area contributed by atoms with Gasteiger partial charge in [-0.05, 0) is 26.3 Å². The van der Waals surface area contributed by atoms with Crippen LogP contribution in [0.3, 0.4) is 0 Å². The van der Waals surface area contributed by atoms with Crippen molar-refractivity contribution >= 4 is 34.6 Å². The second-order valence-electron chi connectivity index (χ2n) is 5.91. The molecule has 2 aromatic rings. The number of fused-ring (bicyclic) bond motifs is 1. The summed E-state index contributed by atoms with van der Waals surface area (Å²) in [6, 6.07) is 7.56. The molecule has 1 aliphatic rings. The molecule has 1 saturated heterocycles. The number of amides is 3. The van der Waals surface area contributed by atoms with E-state index in [0.29, 0.717) is 6.54 Å². The Balaban J connectivity index is 1.58. The van der Waals surface area contributed by atoms with Crippen molar-refractivity contribution in [1.29, 1.82) is 0 Å². The van der Waals surface area contributed by atoms with Crippen LogP contribution >= 0.6 is 11.8 Å². The molecule has 0 saturated carbocycles. The second kappa shape index (κ2) is 6.16. The van der Waals surface area contributed by atoms with E-state index in [2.05, 4.69) is 15.3 Å². The lowest BCUT2D eigenvalue weighted by atomic mass is 10.1. The molecule has 0 unspecified atom stereocenters. The Kier molecular flexibility index (Phi) is 4.21. The van der Waals surface area contributed by atoms with Crippen molar-refractivity contribution in [1.82, 2.24) is 20.2 Å². The molecule has 0 atom stereocenters. The zero-order valence-electron chi connectivity index (χ0n) is 13.1. The molecular weight excluding hydrogens is 312 g/mol. The van der Waals surface area contributed by atoms with Gasteiger partial charge in [0.05, 0.1) is 5.52 Å². The summed E-state index contributed by atoms with van der Waals surface area (Å²) in [5, 5.41) is 4.63. The summed E-state index contributed by atoms with van der Waals surface area (Å²) in [6.45, 7) is 3.86. The Morgan fingerprint density at radius 1 is 1.22 bits per heavy atom. The number of benzene rings is 1. The van der Waals surface area contributed by atoms with Gasteiger partial charge >= 0.3 is 6.03 Å². The van der Waals surface area contributed by atoms with Crippen LogP contribution in [0.2, 0.25) is 0 Å². The number of nitrogens with zero attached hydrogens (tertiary/aromatic N) is 3. The van der Waals surface area contributed by atoms with Crippen molar-refractivity contribution in [2.45, 2.75) is 30.8 Å². The fourth-order valence-electron chi connectivity index (χ4n) is 2.51. The minimum Gasteiger partial charge on any atom is -0.324 e. The number of urea groups is 1. The van der Waals surface area contributed by atoms with E-state index in [1.165, 1.54) is 4.90 Å². The van der Waals surface area contributed by atoms with E-state index in [1.807, 2.05) is 24.3 Å². The molecule has 2 heterocycles. The van der Waals surface area contributed by atoms with Crippen molar-refractivity contribution in [2.24, 2.45) is 0 Å². The molecule has 3 rings (SSSR count). The molecule has 0 bridgehead atoms. The molecule has 1 fully saturated rings. The van der Waals surface area contributed by atoms with Crippen LogP contribution in [0, 0.1) is 0 Å². The van der Waals surface area contributed by atoms with Gasteiger partial charge in [-0.2, -0.15) is 0 Å². The average molecular weight is 330 g/mol. The minimum absolute atomic E-state index is 0.167. The lowest BCUT2D eigenvalue weighted by Gasteiger charge is -2.15. The zero-order valence-corrected chi connectivity index (χ0v) is 13.9. The van der Waals surface area contributed by atoms with E-state index < -0.39 is 5.54 Å². The van der Waals surface area contributed by atoms with Crippen molar-refractivity contribution in [2.75, 3.05) is 12.3 Å². The maximum Gasteiger partial charge on any atom is 0.325 e. The second-order valence-corrected chi connectivity index (χ2v) is 6.99. The first-order valence-corrected chi connectivity index (χ1v) is 8.44. The van der Waals surface area contributed by atoms with Crippen molar-refractivity contribution in [3.63, 3.8) is 0 Å². The minimum atomic E-state index is -0.799. The van der Waals surface area contributed by atoms with E-state index in [0.717, 1.165) is 28.1 Å². The van der Waals surface area contributed by atoms with E-state index in [1.54, 1.807) is 31.9 Å². The highest BCUT2D eigenvalue weighted by atomic mass is 32.2. The SMILES string of the molecule is CC1(C)NC(=O)N(CCCSc2ncnc3ccccc23)C1=O. The first-order chi connectivity index (χ1) is 11.0. The Labute approximate surface area is 138 Å². The largest absolute Gasteiger partial charge is 0.325 e. The molecule has 1 aliphatic heterocycles. The number of para-hydroxylation sites is 1. The number of nitrogens with one attached hydrogen (secondary N) is 1. The van der Waals surface area contributed by atoms with Crippen LogP contribution < -0.4 is 5.32 Å². The third-order valence-electron chi connectivity index (χ3n) is 3.72. The van der Waals surface area contributed by atoms with Gasteiger partial charge in [-0.15, -0.1) is 11.8 Å². The van der Waals surface area contributed by atoms with Crippen LogP contribution in [-0.4, -0.2) is 44.6 Å². The van der Waals surface area contributed by atoms with Gasteiger partial charge in [0.15, 0.2) is 0 Å². The molecule has 7 heteroatoms. The van der Waals surface area contributed by atoms with Crippen molar-refractivity contribution < 1.29 is 9.59 Å². The lowest BCUT2D eigenvalue weighted by Crippen LogP contribution is -2.40. The summed E-state index contributed by atoms with van der Waals surface area (Å²) in [5.41, 5.74) is 0.119. The number of hydrogen-bond donors (Lipinski definition) is 1. The van der Waals surface area contributed by atoms with Gasteiger partial charge in [0.25, 0.3) is 5.91 Å². The number of carbonyl (C=O) groups excluding carboxylic acids is 2. The van der Waals surface area contributed by atoms with Gasteiger partial charge in [0.1, 0.15) is 16.9 Å². The highest BCUT2D eigenvalue weighted by molar-refractivity contribution is 7.99. The maximum absolute atomic E-state index is 12.1. The first-order valence-electron chi connectivity index (χ1n) is 7.46. The van der Waals surface area contributed by atoms with Crippen LogP contribution in [0.1, 0.15) is 20.3 Å². The van der Waals surface area contributed by atoms with Crippen LogP contribution in [0.5, 0.6) is 0 Å². The maximum atomic E-state index is 12.1. The highest BCUT2D eigenvalue weighted by Crippen LogP contribution is 2.25. The summed E-state index contributed by atoms with van der Waals surface area (Å²) >= 11 is 1.61. The Hall–Kier alpha value is -2.15. The van der Waals surface area contributed by atoms with Crippen LogP contribution in [0.4, 0.5) is 4.79 Å². The molecule has 0 aliphatic carbocycles. The molecule has 1 aromatic heterocycles. The predicted molar refractivity (Wildman–Crippen MR) is 89.2 cm³/mol. The van der Waals surface area contributed by atoms with E-state index in [-0.39, 0.29) is 11.9 Å². The average Bonchev–Trinajstić information content (AvgIpc) is 2.72. The summed E-state index contributed by atoms with van der Waals surface area (Å²) < 4.78 is 0. The van der Waals surface area contributed by atoms with Gasteiger partial charge in [0.2, 0.25) is 0 Å². The molecule has 3 amide bonds. The van der Waals surface area contributed by atoms with Gasteiger partial charge in [0, 0.05) is 17.7 Å². The van der Waals surface area contributed by atoms with E-state index in [9.17, 15) is 9.59 Å². The highest BCUT2D eigenvalue weighted by Gasteiger charge is 2.43. The molecule has 1 aromatic carbocycles. The molecule has 0 radical (unpaired) electrons. The van der Waals surface area contributed by atoms with E-state index in [4.69, 9.17) is 0 Å². The monoisotopic (exact) mass is 330 g/mol. The lowest BCUT2D eigenvalue weighted by molar-refractivity contribution is -0.130. The number of aromatic nitrogens is 2. The van der Waals surface area contributed by atoms with Gasteiger partial charge in [-0.25, -0.2) is 14.8 Å². The third kappa shape index (κ3) is 3.14. The molecule has 23 heavy (non-hydrogen) atoms. The fourth-order valence-corrected chi connectivity index (χ4v) is 3.42. The van der Waals surface area contributed by atoms with Crippen molar-refractivity contribution in [3.8, 4) is 0 Å². The predicted octanol–water partition coefficient (Wildman–Crippen LogP) is 2.44. The Morgan fingerprint density at radius 2 is 2.00 bits per heavy atom. The Morgan fingerprint density at radius 3 is 2.74 bits per heavy atom. The molecule has 6 nitrogen and oxygen atoms in total. The first kappa shape index (κ1) is 15.7. The summed E-state index contributed by atoms with van der Waals surface area (Å²) in [4.78, 5) is 33.7. The quantitative estimate of drug-likeness (QED) is 0.394. The van der Waals surface area contributed by atoms with Crippen molar-refractivity contribution in [3.05, 3.63) is 30.6 Å². The van der Waals surface area contributed by atoms with Crippen LogP contribution in [-0.2, 0) is 4.79 Å². The standard InChI is InChI=1S/C16H18N4O2S/c1-16(2)14(21)20(15(22)19-16)8-5-9-23-13-11-6-3-4-7-12(11)17-10-18-13/h3-4,6-7,10H,5,8-9H2,1-2H3,(H,19,22). The van der Waals surface area contributed by atoms with E-state index >= 15 is 0 Å². The van der Waals surface area contributed by atoms with Gasteiger partial charge in [-0.1, -0.05) is 18.2 Å². The third-order valence-corrected chi connectivity index (χ3v) is 4.81. The summed E-state index contributed by atoms with van der Waals surface area (Å²) in [6.07, 6.45) is 2.28. The number of thioether (sulfide) groups is 1. The topological polar surface area (TPSA) is 75.2 Å². The van der Waals surface area contributed by atoms with Crippen LogP contribution in [0.25, 0.3) is 10.9 Å². The van der Waals surface area contributed by atoms with Crippen LogP contribution in [0.15, 0.2) is 35.6 Å². The number of imide groups is 1. The normalized spacial score (nSPS) is 16.9. The van der Waals surface area contributed by atoms with Gasteiger partial charge < -0.3 is 5.32 Å².